The van der Waals surface area contributed by atoms with Gasteiger partial charge < -0.3 is 20.6 Å². The van der Waals surface area contributed by atoms with Crippen molar-refractivity contribution in [2.45, 2.75) is 56.9 Å². The minimum Gasteiger partial charge on any atom is -0.481 e. The van der Waals surface area contributed by atoms with Crippen LogP contribution in [0.5, 0.6) is 0 Å². The van der Waals surface area contributed by atoms with Crippen molar-refractivity contribution >= 4 is 17.9 Å². The molecule has 0 aromatic carbocycles. The van der Waals surface area contributed by atoms with Gasteiger partial charge in [0.1, 0.15) is 0 Å². The van der Waals surface area contributed by atoms with E-state index in [-0.39, 0.29) is 18.4 Å². The molecule has 2 heterocycles. The van der Waals surface area contributed by atoms with Crippen LogP contribution in [0.15, 0.2) is 0 Å². The summed E-state index contributed by atoms with van der Waals surface area (Å²) >= 11 is 0. The van der Waals surface area contributed by atoms with Crippen LogP contribution in [0.4, 0.5) is 4.79 Å². The lowest BCUT2D eigenvalue weighted by molar-refractivity contribution is -0.144. The zero-order valence-electron chi connectivity index (χ0n) is 14.1. The number of nitrogens with zero attached hydrogens (tertiary/aromatic N) is 1. The van der Waals surface area contributed by atoms with Crippen LogP contribution in [0.2, 0.25) is 0 Å². The van der Waals surface area contributed by atoms with Crippen molar-refractivity contribution < 1.29 is 19.5 Å². The summed E-state index contributed by atoms with van der Waals surface area (Å²) in [6, 6.07) is -0.0633. The van der Waals surface area contributed by atoms with Gasteiger partial charge in [0.25, 0.3) is 0 Å². The highest BCUT2D eigenvalue weighted by molar-refractivity contribution is 5.88. The lowest BCUT2D eigenvalue weighted by Gasteiger charge is -2.41. The van der Waals surface area contributed by atoms with E-state index >= 15 is 0 Å². The Morgan fingerprint density at radius 1 is 1.21 bits per heavy atom. The summed E-state index contributed by atoms with van der Waals surface area (Å²) in [5, 5.41) is 15.3. The topological polar surface area (TPSA) is 98.7 Å². The van der Waals surface area contributed by atoms with Crippen LogP contribution in [0.1, 0.15) is 51.4 Å². The lowest BCUT2D eigenvalue weighted by atomic mass is 9.78. The molecule has 3 aliphatic rings. The third kappa shape index (κ3) is 3.49. The monoisotopic (exact) mass is 337 g/mol. The highest BCUT2D eigenvalue weighted by Gasteiger charge is 2.52. The van der Waals surface area contributed by atoms with E-state index in [1.807, 2.05) is 0 Å². The Kier molecular flexibility index (Phi) is 4.96. The molecule has 1 spiro atoms. The summed E-state index contributed by atoms with van der Waals surface area (Å²) in [6.45, 7) is 1.70. The number of nitrogens with one attached hydrogen (secondary N) is 2. The molecule has 2 aliphatic heterocycles. The number of hydrogen-bond donors (Lipinski definition) is 3. The van der Waals surface area contributed by atoms with Crippen LogP contribution in [0.25, 0.3) is 0 Å². The van der Waals surface area contributed by atoms with Crippen LogP contribution in [-0.2, 0) is 9.59 Å². The van der Waals surface area contributed by atoms with E-state index in [9.17, 15) is 19.5 Å². The standard InChI is InChI=1S/C17H27N3O4/c21-14-10-13(15(22)23)17(19-14)6-8-20(9-7-17)16(24)18-11-12-4-2-1-3-5-12/h12-13H,1-11H2,(H,18,24)(H,19,21)(H,22,23). The number of carbonyl (C=O) groups is 3. The summed E-state index contributed by atoms with van der Waals surface area (Å²) < 4.78 is 0. The van der Waals surface area contributed by atoms with Gasteiger partial charge >= 0.3 is 12.0 Å². The Morgan fingerprint density at radius 2 is 1.88 bits per heavy atom. The van der Waals surface area contributed by atoms with Crippen LogP contribution in [0, 0.1) is 11.8 Å². The van der Waals surface area contributed by atoms with Gasteiger partial charge in [0.05, 0.1) is 11.5 Å². The molecule has 24 heavy (non-hydrogen) atoms. The Morgan fingerprint density at radius 3 is 2.50 bits per heavy atom. The first-order valence-electron chi connectivity index (χ1n) is 9.07. The molecule has 3 fully saturated rings. The van der Waals surface area contributed by atoms with E-state index < -0.39 is 17.4 Å². The van der Waals surface area contributed by atoms with E-state index in [4.69, 9.17) is 0 Å². The van der Waals surface area contributed by atoms with Gasteiger partial charge in [0, 0.05) is 26.1 Å². The Balaban J connectivity index is 1.50. The highest BCUT2D eigenvalue weighted by atomic mass is 16.4. The highest BCUT2D eigenvalue weighted by Crippen LogP contribution is 2.36. The maximum atomic E-state index is 12.3. The fourth-order valence-corrected chi connectivity index (χ4v) is 4.44. The molecule has 3 N–H and O–H groups in total. The van der Waals surface area contributed by atoms with Gasteiger partial charge in [0.15, 0.2) is 0 Å². The molecule has 1 unspecified atom stereocenters. The summed E-state index contributed by atoms with van der Waals surface area (Å²) in [4.78, 5) is 37.2. The average molecular weight is 337 g/mol. The quantitative estimate of drug-likeness (QED) is 0.723. The summed E-state index contributed by atoms with van der Waals surface area (Å²) in [5.74, 6) is -1.22. The minimum atomic E-state index is -0.927. The van der Waals surface area contributed by atoms with Crippen molar-refractivity contribution in [3.8, 4) is 0 Å². The molecule has 7 heteroatoms. The van der Waals surface area contributed by atoms with E-state index in [1.54, 1.807) is 4.90 Å². The number of aliphatic carboxylic acids is 1. The number of rotatable bonds is 3. The van der Waals surface area contributed by atoms with E-state index in [0.717, 1.165) is 6.54 Å². The molecule has 0 aromatic heterocycles. The number of likely N-dealkylation sites (tertiary alicyclic amines) is 1. The van der Waals surface area contributed by atoms with Gasteiger partial charge in [-0.25, -0.2) is 4.79 Å². The van der Waals surface area contributed by atoms with Crippen LogP contribution in [0.3, 0.4) is 0 Å². The second kappa shape index (κ2) is 6.99. The first kappa shape index (κ1) is 17.0. The Bertz CT molecular complexity index is 508. The average Bonchev–Trinajstić information content (AvgIpc) is 2.90. The fourth-order valence-electron chi connectivity index (χ4n) is 4.44. The van der Waals surface area contributed by atoms with Crippen LogP contribution in [-0.4, -0.2) is 53.1 Å². The number of hydrogen-bond acceptors (Lipinski definition) is 3. The molecule has 1 aliphatic carbocycles. The molecule has 0 bridgehead atoms. The minimum absolute atomic E-state index is 0.0449. The molecule has 7 nitrogen and oxygen atoms in total. The third-order valence-corrected chi connectivity index (χ3v) is 5.95. The molecule has 1 atom stereocenters. The first-order valence-corrected chi connectivity index (χ1v) is 9.07. The number of amides is 3. The predicted octanol–water partition coefficient (Wildman–Crippen LogP) is 1.33. The Hall–Kier alpha value is -1.79. The summed E-state index contributed by atoms with van der Waals surface area (Å²) in [6.07, 6.45) is 7.24. The molecule has 3 amide bonds. The van der Waals surface area contributed by atoms with E-state index in [2.05, 4.69) is 10.6 Å². The maximum absolute atomic E-state index is 12.3. The zero-order valence-corrected chi connectivity index (χ0v) is 14.1. The number of carboxylic acids is 1. The first-order chi connectivity index (χ1) is 11.5. The van der Waals surface area contributed by atoms with Gasteiger partial charge in [-0.3, -0.25) is 9.59 Å². The number of carbonyl (C=O) groups excluding carboxylic acids is 2. The second-order valence-corrected chi connectivity index (χ2v) is 7.48. The summed E-state index contributed by atoms with van der Waals surface area (Å²) in [5.41, 5.74) is -0.678. The van der Waals surface area contributed by atoms with Gasteiger partial charge in [-0.15, -0.1) is 0 Å². The van der Waals surface area contributed by atoms with Gasteiger partial charge in [-0.2, -0.15) is 0 Å². The molecular formula is C17H27N3O4. The van der Waals surface area contributed by atoms with Gasteiger partial charge in [0.2, 0.25) is 5.91 Å². The van der Waals surface area contributed by atoms with Gasteiger partial charge in [-0.1, -0.05) is 19.3 Å². The summed E-state index contributed by atoms with van der Waals surface area (Å²) in [7, 11) is 0. The van der Waals surface area contributed by atoms with Crippen molar-refractivity contribution in [1.82, 2.24) is 15.5 Å². The molecule has 2 saturated heterocycles. The largest absolute Gasteiger partial charge is 0.481 e. The van der Waals surface area contributed by atoms with Crippen molar-refractivity contribution in [2.24, 2.45) is 11.8 Å². The molecule has 1 saturated carbocycles. The maximum Gasteiger partial charge on any atom is 0.317 e. The Labute approximate surface area is 142 Å². The van der Waals surface area contributed by atoms with Crippen molar-refractivity contribution in [3.63, 3.8) is 0 Å². The SMILES string of the molecule is O=C1CC(C(=O)O)C2(CCN(C(=O)NCC3CCCCC3)CC2)N1. The number of urea groups is 1. The van der Waals surface area contributed by atoms with E-state index in [1.165, 1.54) is 32.1 Å². The van der Waals surface area contributed by atoms with E-state index in [0.29, 0.717) is 31.8 Å². The van der Waals surface area contributed by atoms with Crippen molar-refractivity contribution in [2.75, 3.05) is 19.6 Å². The predicted molar refractivity (Wildman–Crippen MR) is 87.4 cm³/mol. The van der Waals surface area contributed by atoms with Crippen molar-refractivity contribution in [1.29, 1.82) is 0 Å². The smallest absolute Gasteiger partial charge is 0.317 e. The second-order valence-electron chi connectivity index (χ2n) is 7.48. The number of carboxylic acid groups (broad SMARTS) is 1. The molecule has 0 aromatic rings. The zero-order chi connectivity index (χ0) is 17.2. The molecule has 134 valence electrons. The fraction of sp³-hybridized carbons (Fsp3) is 0.824. The normalized spacial score (nSPS) is 27.1. The van der Waals surface area contributed by atoms with Crippen LogP contribution >= 0.6 is 0 Å². The molecule has 0 radical (unpaired) electrons. The third-order valence-electron chi connectivity index (χ3n) is 5.95. The number of piperidine rings is 1. The molecular weight excluding hydrogens is 310 g/mol. The van der Waals surface area contributed by atoms with Crippen LogP contribution < -0.4 is 10.6 Å². The van der Waals surface area contributed by atoms with Crippen molar-refractivity contribution in [3.05, 3.63) is 0 Å². The molecule has 3 rings (SSSR count). The lowest BCUT2D eigenvalue weighted by Crippen LogP contribution is -2.57. The van der Waals surface area contributed by atoms with Gasteiger partial charge in [-0.05, 0) is 31.6 Å².